The van der Waals surface area contributed by atoms with Crippen LogP contribution in [0.1, 0.15) is 32.4 Å². The summed E-state index contributed by atoms with van der Waals surface area (Å²) in [6, 6.07) is 12.8. The number of aryl methyl sites for hydroxylation is 1. The van der Waals surface area contributed by atoms with Crippen LogP contribution >= 0.6 is 0 Å². The van der Waals surface area contributed by atoms with Crippen molar-refractivity contribution in [3.63, 3.8) is 0 Å². The second-order valence-corrected chi connectivity index (χ2v) is 8.46. The molecule has 1 saturated heterocycles. The van der Waals surface area contributed by atoms with E-state index in [1.54, 1.807) is 0 Å². The molecule has 1 fully saturated rings. The van der Waals surface area contributed by atoms with Gasteiger partial charge in [-0.2, -0.15) is 5.10 Å². The first-order chi connectivity index (χ1) is 12.6. The number of rotatable bonds is 3. The number of pyridine rings is 1. The molecule has 0 amide bonds. The molecule has 1 unspecified atom stereocenters. The fourth-order valence-corrected chi connectivity index (χ4v) is 4.86. The third kappa shape index (κ3) is 2.55. The average Bonchev–Trinajstić information content (AvgIpc) is 3.31. The van der Waals surface area contributed by atoms with E-state index in [4.69, 9.17) is 5.10 Å². The number of aromatic nitrogens is 3. The third-order valence-corrected chi connectivity index (χ3v) is 6.07. The zero-order chi connectivity index (χ0) is 17.7. The minimum atomic E-state index is 0.310. The molecule has 0 bridgehead atoms. The van der Waals surface area contributed by atoms with Gasteiger partial charge in [-0.05, 0) is 43.5 Å². The van der Waals surface area contributed by atoms with E-state index in [2.05, 4.69) is 58.7 Å². The van der Waals surface area contributed by atoms with Crippen LogP contribution in [0.3, 0.4) is 0 Å². The van der Waals surface area contributed by atoms with Gasteiger partial charge >= 0.3 is 0 Å². The molecule has 1 spiro atoms. The predicted molar refractivity (Wildman–Crippen MR) is 105 cm³/mol. The highest BCUT2D eigenvalue weighted by Crippen LogP contribution is 2.43. The number of benzene rings is 1. The Hall–Kier alpha value is -2.20. The van der Waals surface area contributed by atoms with Gasteiger partial charge in [-0.25, -0.2) is 0 Å². The molecule has 0 aliphatic carbocycles. The van der Waals surface area contributed by atoms with Crippen LogP contribution in [0, 0.1) is 5.92 Å². The molecule has 134 valence electrons. The van der Waals surface area contributed by atoms with E-state index in [1.165, 1.54) is 43.6 Å². The molecule has 0 saturated carbocycles. The van der Waals surface area contributed by atoms with Gasteiger partial charge < -0.3 is 4.90 Å². The van der Waals surface area contributed by atoms with Crippen molar-refractivity contribution in [2.45, 2.75) is 38.6 Å². The molecule has 4 heteroatoms. The maximum atomic E-state index is 4.93. The van der Waals surface area contributed by atoms with Gasteiger partial charge in [0.15, 0.2) is 0 Å². The monoisotopic (exact) mass is 346 g/mol. The van der Waals surface area contributed by atoms with Crippen molar-refractivity contribution in [3.8, 4) is 11.3 Å². The summed E-state index contributed by atoms with van der Waals surface area (Å²) in [5, 5.41) is 6.11. The van der Waals surface area contributed by atoms with Gasteiger partial charge in [0.2, 0.25) is 0 Å². The van der Waals surface area contributed by atoms with Crippen LogP contribution in [0.15, 0.2) is 42.6 Å². The molecular formula is C22H26N4. The Morgan fingerprint density at radius 2 is 1.96 bits per heavy atom. The molecule has 2 aromatic heterocycles. The molecule has 2 aliphatic heterocycles. The lowest BCUT2D eigenvalue weighted by Crippen LogP contribution is -2.31. The lowest BCUT2D eigenvalue weighted by molar-refractivity contribution is 0.276. The molecule has 0 radical (unpaired) electrons. The van der Waals surface area contributed by atoms with Gasteiger partial charge in [0.05, 0.1) is 11.2 Å². The van der Waals surface area contributed by atoms with Gasteiger partial charge in [-0.3, -0.25) is 9.67 Å². The quantitative estimate of drug-likeness (QED) is 0.716. The van der Waals surface area contributed by atoms with Gasteiger partial charge in [-0.1, -0.05) is 32.0 Å². The van der Waals surface area contributed by atoms with Crippen molar-refractivity contribution < 1.29 is 0 Å². The Morgan fingerprint density at radius 3 is 2.85 bits per heavy atom. The van der Waals surface area contributed by atoms with Crippen LogP contribution < -0.4 is 0 Å². The first-order valence-corrected chi connectivity index (χ1v) is 9.79. The maximum Gasteiger partial charge on any atom is 0.0941 e. The number of nitrogens with zero attached hydrogens (tertiary/aromatic N) is 4. The SMILES string of the molecule is CC(C)CN1CCC2(CCn3nc(-c4cnc5ccccc5c4)cc32)C1. The summed E-state index contributed by atoms with van der Waals surface area (Å²) in [6.07, 6.45) is 4.47. The minimum absolute atomic E-state index is 0.310. The normalized spacial score (nSPS) is 22.7. The van der Waals surface area contributed by atoms with Gasteiger partial charge in [0.1, 0.15) is 0 Å². The molecule has 1 atom stereocenters. The van der Waals surface area contributed by atoms with E-state index < -0.39 is 0 Å². The van der Waals surface area contributed by atoms with E-state index in [9.17, 15) is 0 Å². The second-order valence-electron chi connectivity index (χ2n) is 8.46. The van der Waals surface area contributed by atoms with Crippen molar-refractivity contribution in [1.29, 1.82) is 0 Å². The van der Waals surface area contributed by atoms with E-state index in [1.807, 2.05) is 12.3 Å². The summed E-state index contributed by atoms with van der Waals surface area (Å²) >= 11 is 0. The third-order valence-electron chi connectivity index (χ3n) is 6.07. The summed E-state index contributed by atoms with van der Waals surface area (Å²) < 4.78 is 2.25. The molecule has 4 heterocycles. The van der Waals surface area contributed by atoms with Crippen molar-refractivity contribution in [2.75, 3.05) is 19.6 Å². The fraction of sp³-hybridized carbons (Fsp3) is 0.455. The molecular weight excluding hydrogens is 320 g/mol. The molecule has 2 aliphatic rings. The standard InChI is InChI=1S/C22H26N4/c1-16(2)14-25-9-7-22(15-25)8-10-26-21(22)12-20(24-26)18-11-17-5-3-4-6-19(17)23-13-18/h3-6,11-13,16H,7-10,14-15H2,1-2H3. The fourth-order valence-electron chi connectivity index (χ4n) is 4.86. The number of para-hydroxylation sites is 1. The second kappa shape index (κ2) is 5.92. The highest BCUT2D eigenvalue weighted by atomic mass is 15.3. The van der Waals surface area contributed by atoms with Crippen LogP contribution in [0.2, 0.25) is 0 Å². The summed E-state index contributed by atoms with van der Waals surface area (Å²) in [4.78, 5) is 7.26. The largest absolute Gasteiger partial charge is 0.302 e. The summed E-state index contributed by atoms with van der Waals surface area (Å²) in [5.41, 5.74) is 4.98. The van der Waals surface area contributed by atoms with Crippen LogP contribution in [-0.4, -0.2) is 39.3 Å². The zero-order valence-corrected chi connectivity index (χ0v) is 15.7. The molecule has 5 rings (SSSR count). The first kappa shape index (κ1) is 16.0. The Morgan fingerprint density at radius 1 is 1.12 bits per heavy atom. The Labute approximate surface area is 154 Å². The molecule has 0 N–H and O–H groups in total. The summed E-state index contributed by atoms with van der Waals surface area (Å²) in [6.45, 7) is 9.29. The summed E-state index contributed by atoms with van der Waals surface area (Å²) in [7, 11) is 0. The van der Waals surface area contributed by atoms with Crippen LogP contribution in [-0.2, 0) is 12.0 Å². The minimum Gasteiger partial charge on any atom is -0.302 e. The number of hydrogen-bond acceptors (Lipinski definition) is 3. The zero-order valence-electron chi connectivity index (χ0n) is 15.7. The van der Waals surface area contributed by atoms with E-state index in [0.717, 1.165) is 29.2 Å². The van der Waals surface area contributed by atoms with E-state index in [0.29, 0.717) is 5.41 Å². The number of likely N-dealkylation sites (tertiary alicyclic amines) is 1. The van der Waals surface area contributed by atoms with Crippen molar-refractivity contribution >= 4 is 10.9 Å². The molecule has 26 heavy (non-hydrogen) atoms. The lowest BCUT2D eigenvalue weighted by atomic mass is 9.82. The Bertz CT molecular complexity index is 958. The van der Waals surface area contributed by atoms with Crippen LogP contribution in [0.4, 0.5) is 0 Å². The van der Waals surface area contributed by atoms with E-state index in [-0.39, 0.29) is 0 Å². The average molecular weight is 346 g/mol. The maximum absolute atomic E-state index is 4.93. The highest BCUT2D eigenvalue weighted by molar-refractivity contribution is 5.82. The van der Waals surface area contributed by atoms with Crippen molar-refractivity contribution in [1.82, 2.24) is 19.7 Å². The molecule has 3 aromatic rings. The summed E-state index contributed by atoms with van der Waals surface area (Å²) in [5.74, 6) is 0.732. The van der Waals surface area contributed by atoms with Crippen LogP contribution in [0.5, 0.6) is 0 Å². The lowest BCUT2D eigenvalue weighted by Gasteiger charge is -2.24. The number of fused-ring (bicyclic) bond motifs is 3. The Balaban J connectivity index is 1.47. The van der Waals surface area contributed by atoms with Gasteiger partial charge in [0, 0.05) is 47.9 Å². The Kier molecular flexibility index (Phi) is 3.64. The van der Waals surface area contributed by atoms with Crippen molar-refractivity contribution in [2.24, 2.45) is 5.92 Å². The van der Waals surface area contributed by atoms with Crippen molar-refractivity contribution in [3.05, 3.63) is 48.3 Å². The topological polar surface area (TPSA) is 34.0 Å². The van der Waals surface area contributed by atoms with E-state index >= 15 is 0 Å². The number of hydrogen-bond donors (Lipinski definition) is 0. The van der Waals surface area contributed by atoms with Gasteiger partial charge in [0.25, 0.3) is 0 Å². The van der Waals surface area contributed by atoms with Crippen LogP contribution in [0.25, 0.3) is 22.2 Å². The predicted octanol–water partition coefficient (Wildman–Crippen LogP) is 4.10. The molecule has 4 nitrogen and oxygen atoms in total. The molecule has 1 aromatic carbocycles. The smallest absolute Gasteiger partial charge is 0.0941 e. The highest BCUT2D eigenvalue weighted by Gasteiger charge is 2.45. The first-order valence-electron chi connectivity index (χ1n) is 9.79. The van der Waals surface area contributed by atoms with Gasteiger partial charge in [-0.15, -0.1) is 0 Å².